The number of hydrogen-bond donors (Lipinski definition) is 1. The number of pyridine rings is 1. The minimum Gasteiger partial charge on any atom is -0.353 e. The topological polar surface area (TPSA) is 85.0 Å². The van der Waals surface area contributed by atoms with Gasteiger partial charge in [-0.15, -0.1) is 0 Å². The molecule has 2 aliphatic heterocycles. The highest BCUT2D eigenvalue weighted by Gasteiger charge is 2.47. The van der Waals surface area contributed by atoms with Crippen molar-refractivity contribution in [1.82, 2.24) is 4.90 Å². The number of benzene rings is 1. The second-order valence-corrected chi connectivity index (χ2v) is 7.44. The molecule has 2 fully saturated rings. The molecule has 2 N–H and O–H groups in total. The summed E-state index contributed by atoms with van der Waals surface area (Å²) in [6.07, 6.45) is 1.44. The molecule has 1 aromatic heterocycles. The molecule has 1 aromatic carbocycles. The number of aromatic amines is 1. The average molecular weight is 418 g/mol. The first-order chi connectivity index (χ1) is 14.0. The van der Waals surface area contributed by atoms with Crippen LogP contribution < -0.4 is 15.2 Å². The summed E-state index contributed by atoms with van der Waals surface area (Å²) in [6.45, 7) is 2.66. The van der Waals surface area contributed by atoms with Crippen LogP contribution in [0.3, 0.4) is 0 Å². The molecule has 2 aromatic rings. The molecule has 0 radical (unpaired) electrons. The van der Waals surface area contributed by atoms with Gasteiger partial charge in [0, 0.05) is 49.3 Å². The molecule has 10 heteroatoms. The van der Waals surface area contributed by atoms with Crippen molar-refractivity contribution in [2.75, 3.05) is 36.5 Å². The van der Waals surface area contributed by atoms with E-state index < -0.39 is 10.6 Å². The standard InChI is InChI=1S/C19H20FN5O3S/c20-16-2-1-3-17(22-16)23-10-8-19(9-11-23)24(12-13-28-19)18(29)21-14-4-6-15(7-5-14)25(26)27/h1-7H,8-13H2,(H,21,29)/p+1. The van der Waals surface area contributed by atoms with Crippen molar-refractivity contribution >= 4 is 34.5 Å². The number of nitrogens with zero attached hydrogens (tertiary/aromatic N) is 3. The highest BCUT2D eigenvalue weighted by atomic mass is 32.1. The third kappa shape index (κ3) is 3.99. The first kappa shape index (κ1) is 19.5. The Balaban J connectivity index is 1.42. The normalized spacial score (nSPS) is 18.1. The fourth-order valence-corrected chi connectivity index (χ4v) is 4.25. The monoisotopic (exact) mass is 418 g/mol. The Morgan fingerprint density at radius 2 is 1.93 bits per heavy atom. The number of thiocarbonyl (C=S) groups is 1. The molecule has 2 aliphatic rings. The van der Waals surface area contributed by atoms with E-state index in [1.165, 1.54) is 18.2 Å². The van der Waals surface area contributed by atoms with Gasteiger partial charge in [-0.2, -0.15) is 4.39 Å². The lowest BCUT2D eigenvalue weighted by atomic mass is 9.99. The van der Waals surface area contributed by atoms with Gasteiger partial charge < -0.3 is 15.0 Å². The lowest BCUT2D eigenvalue weighted by Gasteiger charge is -2.42. The van der Waals surface area contributed by atoms with Gasteiger partial charge in [0.1, 0.15) is 5.72 Å². The highest BCUT2D eigenvalue weighted by molar-refractivity contribution is 7.80. The van der Waals surface area contributed by atoms with E-state index in [0.717, 1.165) is 18.7 Å². The van der Waals surface area contributed by atoms with Crippen LogP contribution in [0.25, 0.3) is 0 Å². The van der Waals surface area contributed by atoms with Crippen molar-refractivity contribution in [3.8, 4) is 0 Å². The molecule has 3 heterocycles. The molecule has 0 aliphatic carbocycles. The maximum atomic E-state index is 13.5. The second-order valence-electron chi connectivity index (χ2n) is 7.05. The number of hydrogen-bond acceptors (Lipinski definition) is 5. The lowest BCUT2D eigenvalue weighted by molar-refractivity contribution is -0.409. The summed E-state index contributed by atoms with van der Waals surface area (Å²) in [5.41, 5.74) is 0.229. The Hall–Kier alpha value is -2.85. The van der Waals surface area contributed by atoms with E-state index in [0.29, 0.717) is 37.0 Å². The summed E-state index contributed by atoms with van der Waals surface area (Å²) in [7, 11) is 0. The van der Waals surface area contributed by atoms with Crippen molar-refractivity contribution in [2.24, 2.45) is 0 Å². The van der Waals surface area contributed by atoms with Crippen LogP contribution in [0.2, 0.25) is 0 Å². The molecule has 0 unspecified atom stereocenters. The van der Waals surface area contributed by atoms with Crippen molar-refractivity contribution < 1.29 is 19.0 Å². The summed E-state index contributed by atoms with van der Waals surface area (Å²) in [5, 5.41) is 14.5. The Morgan fingerprint density at radius 1 is 1.21 bits per heavy atom. The van der Waals surface area contributed by atoms with Crippen LogP contribution in [0.5, 0.6) is 0 Å². The molecule has 29 heavy (non-hydrogen) atoms. The number of ether oxygens (including phenoxy) is 1. The SMILES string of the molecule is O=[N+]([O-])c1ccc(NC(=S)N2CCOC23CCN(c2cccc(F)[nH+]2)CC3)cc1. The fraction of sp³-hybridized carbons (Fsp3) is 0.368. The van der Waals surface area contributed by atoms with Crippen molar-refractivity contribution in [3.63, 3.8) is 0 Å². The molecule has 0 saturated carbocycles. The van der Waals surface area contributed by atoms with E-state index in [1.807, 2.05) is 6.07 Å². The summed E-state index contributed by atoms with van der Waals surface area (Å²) in [6, 6.07) is 11.1. The minimum atomic E-state index is -0.491. The van der Waals surface area contributed by atoms with E-state index in [9.17, 15) is 14.5 Å². The summed E-state index contributed by atoms with van der Waals surface area (Å²) in [4.78, 5) is 17.3. The minimum absolute atomic E-state index is 0.0315. The third-order valence-electron chi connectivity index (χ3n) is 5.38. The summed E-state index contributed by atoms with van der Waals surface area (Å²) >= 11 is 5.61. The Labute approximate surface area is 172 Å². The van der Waals surface area contributed by atoms with E-state index in [2.05, 4.69) is 20.1 Å². The number of nitrogens with one attached hydrogen (secondary N) is 2. The Bertz CT molecular complexity index is 918. The number of rotatable bonds is 3. The predicted octanol–water partition coefficient (Wildman–Crippen LogP) is 2.57. The van der Waals surface area contributed by atoms with Gasteiger partial charge in [-0.3, -0.25) is 15.0 Å². The summed E-state index contributed by atoms with van der Waals surface area (Å²) < 4.78 is 19.6. The van der Waals surface area contributed by atoms with Gasteiger partial charge in [0.15, 0.2) is 5.11 Å². The van der Waals surface area contributed by atoms with Crippen LogP contribution in [0.1, 0.15) is 12.8 Å². The number of anilines is 2. The van der Waals surface area contributed by atoms with Crippen LogP contribution in [0.4, 0.5) is 21.6 Å². The first-order valence-electron chi connectivity index (χ1n) is 9.37. The zero-order valence-electron chi connectivity index (χ0n) is 15.6. The Kier molecular flexibility index (Phi) is 5.29. The molecule has 0 bridgehead atoms. The number of aromatic nitrogens is 1. The van der Waals surface area contributed by atoms with Crippen LogP contribution in [-0.2, 0) is 4.74 Å². The van der Waals surface area contributed by atoms with Gasteiger partial charge in [-0.25, -0.2) is 4.98 Å². The zero-order chi connectivity index (χ0) is 20.4. The van der Waals surface area contributed by atoms with E-state index >= 15 is 0 Å². The highest BCUT2D eigenvalue weighted by Crippen LogP contribution is 2.35. The lowest BCUT2D eigenvalue weighted by Crippen LogP contribution is -2.56. The first-order valence-corrected chi connectivity index (χ1v) is 9.77. The molecule has 0 amide bonds. The third-order valence-corrected chi connectivity index (χ3v) is 5.70. The number of piperidine rings is 1. The van der Waals surface area contributed by atoms with Gasteiger partial charge in [-0.05, 0) is 30.4 Å². The van der Waals surface area contributed by atoms with Crippen molar-refractivity contribution in [3.05, 3.63) is 58.5 Å². The van der Waals surface area contributed by atoms with Crippen LogP contribution in [0.15, 0.2) is 42.5 Å². The largest absolute Gasteiger partial charge is 0.353 e. The van der Waals surface area contributed by atoms with E-state index in [4.69, 9.17) is 17.0 Å². The average Bonchev–Trinajstić information content (AvgIpc) is 3.12. The smallest absolute Gasteiger partial charge is 0.276 e. The Morgan fingerprint density at radius 3 is 2.59 bits per heavy atom. The fourth-order valence-electron chi connectivity index (χ4n) is 3.88. The van der Waals surface area contributed by atoms with Crippen molar-refractivity contribution in [2.45, 2.75) is 18.6 Å². The summed E-state index contributed by atoms with van der Waals surface area (Å²) in [5.74, 6) is 0.381. The van der Waals surface area contributed by atoms with Crippen LogP contribution in [0, 0.1) is 16.1 Å². The van der Waals surface area contributed by atoms with E-state index in [-0.39, 0.29) is 11.6 Å². The van der Waals surface area contributed by atoms with Gasteiger partial charge in [0.05, 0.1) is 24.6 Å². The second kappa shape index (κ2) is 7.88. The van der Waals surface area contributed by atoms with E-state index in [1.54, 1.807) is 18.2 Å². The number of halogens is 1. The maximum Gasteiger partial charge on any atom is 0.276 e. The number of H-pyrrole nitrogens is 1. The molecule has 0 atom stereocenters. The van der Waals surface area contributed by atoms with Crippen LogP contribution >= 0.6 is 12.2 Å². The molecule has 2 saturated heterocycles. The molecule has 4 rings (SSSR count). The molecule has 8 nitrogen and oxygen atoms in total. The van der Waals surface area contributed by atoms with Gasteiger partial charge in [-0.1, -0.05) is 0 Å². The molecular formula is C19H21FN5O3S+. The number of nitro groups is 1. The number of non-ortho nitro benzene ring substituents is 1. The predicted molar refractivity (Wildman–Crippen MR) is 109 cm³/mol. The quantitative estimate of drug-likeness (QED) is 0.355. The molecule has 152 valence electrons. The molecular weight excluding hydrogens is 397 g/mol. The van der Waals surface area contributed by atoms with Gasteiger partial charge >= 0.3 is 0 Å². The molecule has 1 spiro atoms. The van der Waals surface area contributed by atoms with Crippen LogP contribution in [-0.4, -0.2) is 46.9 Å². The van der Waals surface area contributed by atoms with Crippen molar-refractivity contribution in [1.29, 1.82) is 0 Å². The number of nitro benzene ring substituents is 1. The maximum absolute atomic E-state index is 13.5. The van der Waals surface area contributed by atoms with Gasteiger partial charge in [0.2, 0.25) is 0 Å². The van der Waals surface area contributed by atoms with Gasteiger partial charge in [0.25, 0.3) is 17.5 Å². The zero-order valence-corrected chi connectivity index (χ0v) is 16.5.